The van der Waals surface area contributed by atoms with Crippen molar-refractivity contribution in [2.75, 3.05) is 13.2 Å². The van der Waals surface area contributed by atoms with Gasteiger partial charge < -0.3 is 20.3 Å². The van der Waals surface area contributed by atoms with E-state index in [1.807, 2.05) is 0 Å². The number of unbranched alkanes of at least 4 members (excludes halogenated alkanes) is 35. The van der Waals surface area contributed by atoms with Gasteiger partial charge in [0.25, 0.3) is 0 Å². The summed E-state index contributed by atoms with van der Waals surface area (Å²) in [6, 6.07) is -0.550. The molecule has 1 amide bonds. The van der Waals surface area contributed by atoms with Gasteiger partial charge in [0.2, 0.25) is 5.91 Å². The molecule has 360 valence electrons. The molecule has 0 aromatic carbocycles. The minimum atomic E-state index is -0.671. The van der Waals surface area contributed by atoms with Crippen molar-refractivity contribution in [3.05, 3.63) is 24.3 Å². The summed E-state index contributed by atoms with van der Waals surface area (Å²) in [4.78, 5) is 24.4. The highest BCUT2D eigenvalue weighted by Crippen LogP contribution is 2.16. The van der Waals surface area contributed by atoms with Crippen LogP contribution in [0.4, 0.5) is 0 Å². The fraction of sp³-hybridized carbons (Fsp3) is 0.891. The Morgan fingerprint density at radius 2 is 0.770 bits per heavy atom. The number of aliphatic hydroxyl groups is 2. The van der Waals surface area contributed by atoms with Crippen LogP contribution in [-0.2, 0) is 14.3 Å². The highest BCUT2D eigenvalue weighted by atomic mass is 16.5. The van der Waals surface area contributed by atoms with Crippen molar-refractivity contribution in [2.45, 2.75) is 302 Å². The van der Waals surface area contributed by atoms with Gasteiger partial charge in [-0.05, 0) is 77.0 Å². The van der Waals surface area contributed by atoms with Gasteiger partial charge >= 0.3 is 5.97 Å². The maximum Gasteiger partial charge on any atom is 0.305 e. The van der Waals surface area contributed by atoms with Crippen LogP contribution >= 0.6 is 0 Å². The van der Waals surface area contributed by atoms with Gasteiger partial charge in [0.1, 0.15) is 0 Å². The number of hydrogen-bond acceptors (Lipinski definition) is 5. The van der Waals surface area contributed by atoms with E-state index in [2.05, 4.69) is 43.5 Å². The quantitative estimate of drug-likeness (QED) is 0.0322. The summed E-state index contributed by atoms with van der Waals surface area (Å²) in [6.45, 7) is 4.91. The Morgan fingerprint density at radius 1 is 0.443 bits per heavy atom. The van der Waals surface area contributed by atoms with Crippen molar-refractivity contribution in [1.29, 1.82) is 0 Å². The van der Waals surface area contributed by atoms with Crippen LogP contribution in [0.25, 0.3) is 0 Å². The van der Waals surface area contributed by atoms with Gasteiger partial charge in [-0.2, -0.15) is 0 Å². The zero-order valence-electron chi connectivity index (χ0n) is 40.9. The zero-order chi connectivity index (χ0) is 44.4. The van der Waals surface area contributed by atoms with Gasteiger partial charge in [0.15, 0.2) is 0 Å². The molecule has 61 heavy (non-hydrogen) atoms. The third-order valence-corrected chi connectivity index (χ3v) is 12.5. The van der Waals surface area contributed by atoms with E-state index in [1.54, 1.807) is 0 Å². The molecule has 0 heterocycles. The Balaban J connectivity index is 3.47. The Bertz CT molecular complexity index is 951. The molecule has 0 aliphatic heterocycles. The average molecular weight is 860 g/mol. The summed E-state index contributed by atoms with van der Waals surface area (Å²) in [7, 11) is 0. The second kappa shape index (κ2) is 51.0. The minimum absolute atomic E-state index is 0.0120. The number of carbonyl (C=O) groups excluding carboxylic acids is 2. The molecule has 6 heteroatoms. The maximum absolute atomic E-state index is 12.5. The number of carbonyl (C=O) groups is 2. The number of hydrogen-bond donors (Lipinski definition) is 3. The summed E-state index contributed by atoms with van der Waals surface area (Å²) < 4.78 is 5.45. The van der Waals surface area contributed by atoms with Crippen molar-refractivity contribution in [3.63, 3.8) is 0 Å². The predicted octanol–water partition coefficient (Wildman–Crippen LogP) is 16.3. The van der Waals surface area contributed by atoms with Crippen LogP contribution in [0.3, 0.4) is 0 Å². The fourth-order valence-corrected chi connectivity index (χ4v) is 8.28. The van der Waals surface area contributed by atoms with Crippen LogP contribution in [-0.4, -0.2) is 47.4 Å². The first-order valence-electron chi connectivity index (χ1n) is 27.1. The molecule has 0 fully saturated rings. The summed E-state index contributed by atoms with van der Waals surface area (Å²) >= 11 is 0. The van der Waals surface area contributed by atoms with E-state index in [-0.39, 0.29) is 18.5 Å². The van der Waals surface area contributed by atoms with Gasteiger partial charge in [0, 0.05) is 12.8 Å². The molecule has 0 radical (unpaired) electrons. The molecule has 3 N–H and O–H groups in total. The Morgan fingerprint density at radius 3 is 1.20 bits per heavy atom. The first-order chi connectivity index (χ1) is 30.0. The molecule has 0 aromatic heterocycles. The highest BCUT2D eigenvalue weighted by Gasteiger charge is 2.20. The Kier molecular flexibility index (Phi) is 49.6. The lowest BCUT2D eigenvalue weighted by Crippen LogP contribution is -2.45. The first-order valence-corrected chi connectivity index (χ1v) is 27.1. The molecule has 0 saturated carbocycles. The summed E-state index contributed by atoms with van der Waals surface area (Å²) in [5.74, 6) is -0.0584. The van der Waals surface area contributed by atoms with E-state index in [4.69, 9.17) is 4.74 Å². The molecule has 0 aliphatic carbocycles. The van der Waals surface area contributed by atoms with Crippen molar-refractivity contribution in [2.24, 2.45) is 0 Å². The Hall–Kier alpha value is -1.66. The lowest BCUT2D eigenvalue weighted by molar-refractivity contribution is -0.143. The summed E-state index contributed by atoms with van der Waals surface area (Å²) in [5, 5.41) is 23.2. The minimum Gasteiger partial charge on any atom is -0.466 e. The Labute approximate surface area is 380 Å². The van der Waals surface area contributed by atoms with E-state index >= 15 is 0 Å². The van der Waals surface area contributed by atoms with Crippen LogP contribution in [0.1, 0.15) is 290 Å². The SMILES string of the molecule is CCCCC/C=C\CCCCCCCC(=O)OCCCCCCCC/C=C\CCCCCCCCCC(=O)NC(CO)C(O)CCCCCCCCCCCCCCCCC. The predicted molar refractivity (Wildman–Crippen MR) is 264 cm³/mol. The molecule has 2 unspecified atom stereocenters. The number of amides is 1. The first kappa shape index (κ1) is 59.3. The lowest BCUT2D eigenvalue weighted by atomic mass is 10.0. The average Bonchev–Trinajstić information content (AvgIpc) is 3.26. The summed E-state index contributed by atoms with van der Waals surface area (Å²) in [5.41, 5.74) is 0. The largest absolute Gasteiger partial charge is 0.466 e. The van der Waals surface area contributed by atoms with Gasteiger partial charge in [-0.15, -0.1) is 0 Å². The van der Waals surface area contributed by atoms with Crippen LogP contribution in [0.2, 0.25) is 0 Å². The molecule has 2 atom stereocenters. The molecule has 0 aromatic rings. The third-order valence-electron chi connectivity index (χ3n) is 12.5. The second-order valence-electron chi connectivity index (χ2n) is 18.6. The molecular weight excluding hydrogens is 755 g/mol. The van der Waals surface area contributed by atoms with Gasteiger partial charge in [0.05, 0.1) is 25.4 Å². The molecule has 0 rings (SSSR count). The standard InChI is InChI=1S/C55H105NO5/c1-3-5-7-9-11-13-15-17-21-24-27-31-35-39-43-47-53(58)52(51-57)56-54(59)48-44-40-36-32-28-25-22-19-18-20-23-26-30-34-38-42-46-50-61-55(60)49-45-41-37-33-29-16-14-12-10-8-6-4-2/h12,14,18,20,52-53,57-58H,3-11,13,15-17,19,21-51H2,1-2H3,(H,56,59)/b14-12-,20-18-. The van der Waals surface area contributed by atoms with E-state index in [9.17, 15) is 19.8 Å². The van der Waals surface area contributed by atoms with Crippen molar-refractivity contribution < 1.29 is 24.5 Å². The molecule has 0 bridgehead atoms. The third kappa shape index (κ3) is 47.7. The van der Waals surface area contributed by atoms with Crippen LogP contribution in [0, 0.1) is 0 Å². The highest BCUT2D eigenvalue weighted by molar-refractivity contribution is 5.76. The lowest BCUT2D eigenvalue weighted by Gasteiger charge is -2.22. The fourth-order valence-electron chi connectivity index (χ4n) is 8.28. The number of ether oxygens (including phenoxy) is 1. The molecule has 0 saturated heterocycles. The number of nitrogens with one attached hydrogen (secondary N) is 1. The molecule has 0 aliphatic rings. The maximum atomic E-state index is 12.5. The molecule has 0 spiro atoms. The van der Waals surface area contributed by atoms with Crippen LogP contribution in [0.5, 0.6) is 0 Å². The van der Waals surface area contributed by atoms with E-state index < -0.39 is 12.1 Å². The number of esters is 1. The molecule has 6 nitrogen and oxygen atoms in total. The summed E-state index contributed by atoms with van der Waals surface area (Å²) in [6.07, 6.45) is 60.1. The van der Waals surface area contributed by atoms with Crippen molar-refractivity contribution in [1.82, 2.24) is 5.32 Å². The second-order valence-corrected chi connectivity index (χ2v) is 18.6. The van der Waals surface area contributed by atoms with E-state index in [1.165, 1.54) is 199 Å². The normalized spacial score (nSPS) is 12.8. The van der Waals surface area contributed by atoms with Gasteiger partial charge in [-0.3, -0.25) is 9.59 Å². The van der Waals surface area contributed by atoms with Crippen LogP contribution in [0.15, 0.2) is 24.3 Å². The monoisotopic (exact) mass is 860 g/mol. The number of aliphatic hydroxyl groups excluding tert-OH is 2. The van der Waals surface area contributed by atoms with E-state index in [0.717, 1.165) is 57.8 Å². The topological polar surface area (TPSA) is 95.9 Å². The number of rotatable bonds is 50. The number of allylic oxidation sites excluding steroid dienone is 4. The van der Waals surface area contributed by atoms with Gasteiger partial charge in [-0.25, -0.2) is 0 Å². The van der Waals surface area contributed by atoms with E-state index in [0.29, 0.717) is 25.9 Å². The van der Waals surface area contributed by atoms with Crippen molar-refractivity contribution >= 4 is 11.9 Å². The van der Waals surface area contributed by atoms with Crippen LogP contribution < -0.4 is 5.32 Å². The molecular formula is C55H105NO5. The van der Waals surface area contributed by atoms with Crippen molar-refractivity contribution in [3.8, 4) is 0 Å². The zero-order valence-corrected chi connectivity index (χ0v) is 40.9. The smallest absolute Gasteiger partial charge is 0.305 e. The van der Waals surface area contributed by atoms with Gasteiger partial charge in [-0.1, -0.05) is 224 Å².